The smallest absolute Gasteiger partial charge is 0.150 e. The molecule has 0 saturated heterocycles. The lowest BCUT2D eigenvalue weighted by Crippen LogP contribution is -2.11. The molecule has 2 aromatic carbocycles. The van der Waals surface area contributed by atoms with Gasteiger partial charge in [0.05, 0.1) is 5.69 Å². The van der Waals surface area contributed by atoms with Crippen LogP contribution in [0.15, 0.2) is 36.4 Å². The largest absolute Gasteiger partial charge is 0.455 e. The van der Waals surface area contributed by atoms with E-state index in [2.05, 4.69) is 32.9 Å². The average molecular weight is 290 g/mol. The summed E-state index contributed by atoms with van der Waals surface area (Å²) >= 11 is 5.89. The summed E-state index contributed by atoms with van der Waals surface area (Å²) in [6.45, 7) is 8.62. The normalized spacial score (nSPS) is 11.4. The summed E-state index contributed by atoms with van der Waals surface area (Å²) in [5.74, 6) is 1.44. The van der Waals surface area contributed by atoms with Gasteiger partial charge in [-0.05, 0) is 47.7 Å². The van der Waals surface area contributed by atoms with Crippen LogP contribution >= 0.6 is 11.6 Å². The van der Waals surface area contributed by atoms with Gasteiger partial charge in [0, 0.05) is 5.02 Å². The molecule has 0 aliphatic rings. The van der Waals surface area contributed by atoms with E-state index in [1.807, 2.05) is 13.0 Å². The fourth-order valence-corrected chi connectivity index (χ4v) is 2.14. The SMILES string of the molecule is Cc1cc(C(C)(C)C)ccc1Oc1ccc(Cl)cc1N. The van der Waals surface area contributed by atoms with Gasteiger partial charge in [-0.15, -0.1) is 0 Å². The first kappa shape index (κ1) is 14.7. The zero-order valence-electron chi connectivity index (χ0n) is 12.3. The highest BCUT2D eigenvalue weighted by Crippen LogP contribution is 2.33. The van der Waals surface area contributed by atoms with Crippen molar-refractivity contribution in [2.75, 3.05) is 5.73 Å². The van der Waals surface area contributed by atoms with E-state index in [9.17, 15) is 0 Å². The summed E-state index contributed by atoms with van der Waals surface area (Å²) in [5.41, 5.74) is 8.95. The van der Waals surface area contributed by atoms with Crippen LogP contribution in [0.1, 0.15) is 31.9 Å². The number of halogens is 1. The first-order valence-electron chi connectivity index (χ1n) is 6.61. The molecule has 3 heteroatoms. The van der Waals surface area contributed by atoms with E-state index >= 15 is 0 Å². The third kappa shape index (κ3) is 3.26. The molecule has 20 heavy (non-hydrogen) atoms. The molecule has 0 spiro atoms. The Kier molecular flexibility index (Phi) is 3.96. The van der Waals surface area contributed by atoms with Crippen molar-refractivity contribution in [1.29, 1.82) is 0 Å². The maximum Gasteiger partial charge on any atom is 0.150 e. The molecule has 0 heterocycles. The lowest BCUT2D eigenvalue weighted by atomic mass is 9.86. The van der Waals surface area contributed by atoms with E-state index in [1.54, 1.807) is 18.2 Å². The second-order valence-electron chi connectivity index (χ2n) is 6.01. The Morgan fingerprint density at radius 3 is 2.20 bits per heavy atom. The van der Waals surface area contributed by atoms with Crippen molar-refractivity contribution in [2.24, 2.45) is 0 Å². The van der Waals surface area contributed by atoms with Crippen LogP contribution in [0.2, 0.25) is 5.02 Å². The van der Waals surface area contributed by atoms with E-state index < -0.39 is 0 Å². The summed E-state index contributed by atoms with van der Waals surface area (Å²) in [7, 11) is 0. The van der Waals surface area contributed by atoms with E-state index in [1.165, 1.54) is 5.56 Å². The summed E-state index contributed by atoms with van der Waals surface area (Å²) in [6.07, 6.45) is 0. The Labute approximate surface area is 125 Å². The van der Waals surface area contributed by atoms with E-state index in [0.717, 1.165) is 11.3 Å². The van der Waals surface area contributed by atoms with Crippen molar-refractivity contribution < 1.29 is 4.74 Å². The Bertz CT molecular complexity index is 629. The minimum atomic E-state index is 0.128. The fraction of sp³-hybridized carbons (Fsp3) is 0.294. The van der Waals surface area contributed by atoms with Crippen molar-refractivity contribution in [1.82, 2.24) is 0 Å². The predicted octanol–water partition coefficient (Wildman–Crippen LogP) is 5.32. The van der Waals surface area contributed by atoms with Crippen molar-refractivity contribution in [3.05, 3.63) is 52.5 Å². The second-order valence-corrected chi connectivity index (χ2v) is 6.45. The molecule has 0 bridgehead atoms. The monoisotopic (exact) mass is 289 g/mol. The number of nitrogen functional groups attached to an aromatic ring is 1. The average Bonchev–Trinajstić information content (AvgIpc) is 2.33. The van der Waals surface area contributed by atoms with Gasteiger partial charge in [0.25, 0.3) is 0 Å². The molecular weight excluding hydrogens is 270 g/mol. The van der Waals surface area contributed by atoms with Gasteiger partial charge in [-0.2, -0.15) is 0 Å². The molecule has 0 atom stereocenters. The highest BCUT2D eigenvalue weighted by Gasteiger charge is 2.15. The number of hydrogen-bond donors (Lipinski definition) is 1. The van der Waals surface area contributed by atoms with Crippen LogP contribution in [-0.2, 0) is 5.41 Å². The Hall–Kier alpha value is -1.67. The van der Waals surface area contributed by atoms with Crippen molar-refractivity contribution in [2.45, 2.75) is 33.1 Å². The van der Waals surface area contributed by atoms with Gasteiger partial charge >= 0.3 is 0 Å². The molecule has 0 unspecified atom stereocenters. The lowest BCUT2D eigenvalue weighted by molar-refractivity contribution is 0.480. The van der Waals surface area contributed by atoms with Gasteiger partial charge in [-0.3, -0.25) is 0 Å². The van der Waals surface area contributed by atoms with Crippen LogP contribution in [-0.4, -0.2) is 0 Å². The minimum Gasteiger partial charge on any atom is -0.455 e. The number of ether oxygens (including phenoxy) is 1. The van der Waals surface area contributed by atoms with Crippen LogP contribution < -0.4 is 10.5 Å². The molecule has 2 N–H and O–H groups in total. The van der Waals surface area contributed by atoms with Crippen LogP contribution in [0, 0.1) is 6.92 Å². The maximum absolute atomic E-state index is 5.91. The minimum absolute atomic E-state index is 0.128. The molecule has 2 rings (SSSR count). The molecule has 0 aliphatic carbocycles. The van der Waals surface area contributed by atoms with Gasteiger partial charge in [-0.1, -0.05) is 44.5 Å². The number of benzene rings is 2. The molecule has 106 valence electrons. The standard InChI is InChI=1S/C17H20ClNO/c1-11-9-12(17(2,3)4)5-7-15(11)20-16-8-6-13(18)10-14(16)19/h5-10H,19H2,1-4H3. The number of aryl methyl sites for hydroxylation is 1. The molecule has 0 aromatic heterocycles. The van der Waals surface area contributed by atoms with Gasteiger partial charge in [0.2, 0.25) is 0 Å². The Morgan fingerprint density at radius 2 is 1.65 bits per heavy atom. The molecule has 0 saturated carbocycles. The zero-order chi connectivity index (χ0) is 14.9. The summed E-state index contributed by atoms with van der Waals surface area (Å²) < 4.78 is 5.88. The Morgan fingerprint density at radius 1 is 1.00 bits per heavy atom. The summed E-state index contributed by atoms with van der Waals surface area (Å²) in [6, 6.07) is 11.5. The van der Waals surface area contributed by atoms with Crippen LogP contribution in [0.25, 0.3) is 0 Å². The molecule has 0 fully saturated rings. The molecule has 2 nitrogen and oxygen atoms in total. The number of nitrogens with two attached hydrogens (primary N) is 1. The maximum atomic E-state index is 5.91. The van der Waals surface area contributed by atoms with E-state index in [4.69, 9.17) is 22.1 Å². The quantitative estimate of drug-likeness (QED) is 0.759. The third-order valence-electron chi connectivity index (χ3n) is 3.23. The number of hydrogen-bond acceptors (Lipinski definition) is 2. The predicted molar refractivity (Wildman–Crippen MR) is 85.8 cm³/mol. The van der Waals surface area contributed by atoms with Gasteiger partial charge in [-0.25, -0.2) is 0 Å². The van der Waals surface area contributed by atoms with Crippen LogP contribution in [0.3, 0.4) is 0 Å². The number of rotatable bonds is 2. The van der Waals surface area contributed by atoms with E-state index in [0.29, 0.717) is 16.5 Å². The van der Waals surface area contributed by atoms with Crippen LogP contribution in [0.5, 0.6) is 11.5 Å². The van der Waals surface area contributed by atoms with Crippen molar-refractivity contribution >= 4 is 17.3 Å². The molecule has 2 aromatic rings. The fourth-order valence-electron chi connectivity index (χ4n) is 1.96. The lowest BCUT2D eigenvalue weighted by Gasteiger charge is -2.20. The third-order valence-corrected chi connectivity index (χ3v) is 3.47. The molecule has 0 radical (unpaired) electrons. The first-order valence-corrected chi connectivity index (χ1v) is 6.99. The molecule has 0 aliphatic heterocycles. The van der Waals surface area contributed by atoms with Gasteiger partial charge in [0.15, 0.2) is 0 Å². The topological polar surface area (TPSA) is 35.2 Å². The summed E-state index contributed by atoms with van der Waals surface area (Å²) in [5, 5.41) is 0.606. The van der Waals surface area contributed by atoms with Crippen molar-refractivity contribution in [3.8, 4) is 11.5 Å². The first-order chi connectivity index (χ1) is 9.27. The Balaban J connectivity index is 2.30. The van der Waals surface area contributed by atoms with Crippen LogP contribution in [0.4, 0.5) is 5.69 Å². The number of anilines is 1. The van der Waals surface area contributed by atoms with Gasteiger partial charge < -0.3 is 10.5 Å². The molecule has 0 amide bonds. The highest BCUT2D eigenvalue weighted by atomic mass is 35.5. The van der Waals surface area contributed by atoms with Crippen molar-refractivity contribution in [3.63, 3.8) is 0 Å². The van der Waals surface area contributed by atoms with E-state index in [-0.39, 0.29) is 5.41 Å². The molecular formula is C17H20ClNO. The van der Waals surface area contributed by atoms with Gasteiger partial charge in [0.1, 0.15) is 11.5 Å². The zero-order valence-corrected chi connectivity index (χ0v) is 13.1. The second kappa shape index (κ2) is 5.37. The highest BCUT2D eigenvalue weighted by molar-refractivity contribution is 6.30. The summed E-state index contributed by atoms with van der Waals surface area (Å²) in [4.78, 5) is 0.